The average molecular weight is 262 g/mol. The molecule has 1 aliphatic carbocycles. The van der Waals surface area contributed by atoms with Crippen LogP contribution >= 0.6 is 0 Å². The number of fused-ring (bicyclic) bond motifs is 1. The third-order valence-electron chi connectivity index (χ3n) is 4.86. The molecule has 1 fully saturated rings. The van der Waals surface area contributed by atoms with Gasteiger partial charge >= 0.3 is 0 Å². The van der Waals surface area contributed by atoms with Crippen molar-refractivity contribution in [2.45, 2.75) is 51.7 Å². The van der Waals surface area contributed by atoms with Gasteiger partial charge in [0.1, 0.15) is 0 Å². The number of hydrogen-bond acceptors (Lipinski definition) is 2. The van der Waals surface area contributed by atoms with Gasteiger partial charge in [0.15, 0.2) is 0 Å². The van der Waals surface area contributed by atoms with Gasteiger partial charge in [0.25, 0.3) is 0 Å². The molecule has 19 heavy (non-hydrogen) atoms. The van der Waals surface area contributed by atoms with E-state index in [1.54, 1.807) is 0 Å². The first-order valence-electron chi connectivity index (χ1n) is 7.70. The highest BCUT2D eigenvalue weighted by atomic mass is 16.3. The number of rotatable bonds is 2. The quantitative estimate of drug-likeness (QED) is 0.887. The van der Waals surface area contributed by atoms with E-state index in [9.17, 15) is 5.11 Å². The minimum absolute atomic E-state index is 0.224. The van der Waals surface area contributed by atoms with Gasteiger partial charge in [0.05, 0.1) is 6.10 Å². The number of aliphatic hydroxyl groups excluding tert-OH is 1. The zero-order valence-corrected chi connectivity index (χ0v) is 12.2. The van der Waals surface area contributed by atoms with Crippen LogP contribution in [0.3, 0.4) is 0 Å². The van der Waals surface area contributed by atoms with Crippen LogP contribution in [0.4, 0.5) is 0 Å². The Labute approximate surface area is 116 Å². The highest BCUT2D eigenvalue weighted by Crippen LogP contribution is 2.33. The molecule has 1 saturated heterocycles. The standard InChI is InChI=1S/C16H26N2O/c1-12-9-14-15(6-3-7-16(14)19)18(12)11-13-5-4-8-17(2)10-13/h9,13,16,19H,3-8,10-11H2,1-2H3. The van der Waals surface area contributed by atoms with E-state index >= 15 is 0 Å². The lowest BCUT2D eigenvalue weighted by atomic mass is 9.94. The lowest BCUT2D eigenvalue weighted by Gasteiger charge is -2.31. The van der Waals surface area contributed by atoms with Gasteiger partial charge in [-0.2, -0.15) is 0 Å². The van der Waals surface area contributed by atoms with Crippen LogP contribution in [0.15, 0.2) is 6.07 Å². The summed E-state index contributed by atoms with van der Waals surface area (Å²) >= 11 is 0. The molecule has 2 heterocycles. The second kappa shape index (κ2) is 5.29. The maximum Gasteiger partial charge on any atom is 0.0807 e. The van der Waals surface area contributed by atoms with Crippen LogP contribution in [0.5, 0.6) is 0 Å². The molecule has 106 valence electrons. The van der Waals surface area contributed by atoms with Crippen molar-refractivity contribution >= 4 is 0 Å². The van der Waals surface area contributed by atoms with E-state index < -0.39 is 0 Å². The van der Waals surface area contributed by atoms with Gasteiger partial charge in [0.2, 0.25) is 0 Å². The number of aromatic nitrogens is 1. The average Bonchev–Trinajstić information content (AvgIpc) is 2.69. The molecule has 0 amide bonds. The summed E-state index contributed by atoms with van der Waals surface area (Å²) in [6.07, 6.45) is 5.65. The van der Waals surface area contributed by atoms with Crippen molar-refractivity contribution < 1.29 is 5.11 Å². The molecule has 0 spiro atoms. The predicted octanol–water partition coefficient (Wildman–Crippen LogP) is 2.51. The van der Waals surface area contributed by atoms with Crippen molar-refractivity contribution in [1.82, 2.24) is 9.47 Å². The molecule has 3 heteroatoms. The fourth-order valence-corrected chi connectivity index (χ4v) is 3.88. The first kappa shape index (κ1) is 13.2. The molecule has 1 aliphatic heterocycles. The molecule has 2 atom stereocenters. The van der Waals surface area contributed by atoms with Gasteiger partial charge in [-0.15, -0.1) is 0 Å². The Balaban J connectivity index is 1.81. The maximum absolute atomic E-state index is 10.1. The van der Waals surface area contributed by atoms with Crippen LogP contribution in [0.1, 0.15) is 48.7 Å². The van der Waals surface area contributed by atoms with Gasteiger partial charge in [0, 0.05) is 30.0 Å². The smallest absolute Gasteiger partial charge is 0.0807 e. The Morgan fingerprint density at radius 3 is 2.95 bits per heavy atom. The Kier molecular flexibility index (Phi) is 3.68. The Bertz CT molecular complexity index is 452. The van der Waals surface area contributed by atoms with Crippen molar-refractivity contribution in [3.63, 3.8) is 0 Å². The number of aryl methyl sites for hydroxylation is 1. The molecule has 1 aromatic heterocycles. The van der Waals surface area contributed by atoms with Crippen LogP contribution in [0, 0.1) is 12.8 Å². The van der Waals surface area contributed by atoms with E-state index in [1.807, 2.05) is 0 Å². The summed E-state index contributed by atoms with van der Waals surface area (Å²) in [6.45, 7) is 5.79. The summed E-state index contributed by atoms with van der Waals surface area (Å²) in [5, 5.41) is 10.1. The monoisotopic (exact) mass is 262 g/mol. The predicted molar refractivity (Wildman–Crippen MR) is 77.3 cm³/mol. The summed E-state index contributed by atoms with van der Waals surface area (Å²) in [7, 11) is 2.23. The van der Waals surface area contributed by atoms with Gasteiger partial charge in [-0.1, -0.05) is 0 Å². The lowest BCUT2D eigenvalue weighted by molar-refractivity contribution is 0.154. The first-order chi connectivity index (χ1) is 9.15. The molecule has 2 aliphatic rings. The number of piperidine rings is 1. The van der Waals surface area contributed by atoms with Crippen molar-refractivity contribution in [3.8, 4) is 0 Å². The number of aliphatic hydroxyl groups is 1. The summed E-state index contributed by atoms with van der Waals surface area (Å²) < 4.78 is 2.49. The molecule has 1 N–H and O–H groups in total. The van der Waals surface area contributed by atoms with Crippen LogP contribution < -0.4 is 0 Å². The maximum atomic E-state index is 10.1. The largest absolute Gasteiger partial charge is 0.388 e. The lowest BCUT2D eigenvalue weighted by Crippen LogP contribution is -2.34. The Morgan fingerprint density at radius 1 is 1.32 bits per heavy atom. The van der Waals surface area contributed by atoms with Gasteiger partial charge < -0.3 is 14.6 Å². The first-order valence-corrected chi connectivity index (χ1v) is 7.70. The molecule has 3 rings (SSSR count). The summed E-state index contributed by atoms with van der Waals surface area (Å²) in [6, 6.07) is 2.21. The normalized spacial score (nSPS) is 28.4. The van der Waals surface area contributed by atoms with E-state index in [1.165, 1.54) is 42.9 Å². The second-order valence-electron chi connectivity index (χ2n) is 6.48. The summed E-state index contributed by atoms with van der Waals surface area (Å²) in [5.41, 5.74) is 3.94. The minimum atomic E-state index is -0.224. The van der Waals surface area contributed by atoms with Crippen molar-refractivity contribution in [2.75, 3.05) is 20.1 Å². The molecule has 3 nitrogen and oxygen atoms in total. The molecule has 0 radical (unpaired) electrons. The van der Waals surface area contributed by atoms with E-state index in [0.717, 1.165) is 31.7 Å². The van der Waals surface area contributed by atoms with E-state index in [4.69, 9.17) is 0 Å². The summed E-state index contributed by atoms with van der Waals surface area (Å²) in [4.78, 5) is 2.45. The molecule has 2 unspecified atom stereocenters. The third-order valence-corrected chi connectivity index (χ3v) is 4.86. The number of nitrogens with zero attached hydrogens (tertiary/aromatic N) is 2. The fraction of sp³-hybridized carbons (Fsp3) is 0.750. The number of hydrogen-bond donors (Lipinski definition) is 1. The molecular weight excluding hydrogens is 236 g/mol. The topological polar surface area (TPSA) is 28.4 Å². The van der Waals surface area contributed by atoms with E-state index in [2.05, 4.69) is 29.5 Å². The van der Waals surface area contributed by atoms with Crippen molar-refractivity contribution in [2.24, 2.45) is 5.92 Å². The van der Waals surface area contributed by atoms with Gasteiger partial charge in [-0.3, -0.25) is 0 Å². The van der Waals surface area contributed by atoms with E-state index in [0.29, 0.717) is 0 Å². The zero-order chi connectivity index (χ0) is 13.4. The SMILES string of the molecule is Cc1cc2c(n1CC1CCCN(C)C1)CCCC2O. The molecule has 0 aromatic carbocycles. The number of likely N-dealkylation sites (tertiary alicyclic amines) is 1. The minimum Gasteiger partial charge on any atom is -0.388 e. The molecular formula is C16H26N2O. The van der Waals surface area contributed by atoms with Crippen LogP contribution in [0.2, 0.25) is 0 Å². The second-order valence-corrected chi connectivity index (χ2v) is 6.48. The molecule has 0 bridgehead atoms. The Hall–Kier alpha value is -0.800. The van der Waals surface area contributed by atoms with Gasteiger partial charge in [-0.05, 0) is 64.6 Å². The molecule has 1 aromatic rings. The Morgan fingerprint density at radius 2 is 2.16 bits per heavy atom. The van der Waals surface area contributed by atoms with Crippen molar-refractivity contribution in [1.29, 1.82) is 0 Å². The molecule has 0 saturated carbocycles. The van der Waals surface area contributed by atoms with Crippen LogP contribution in [0.25, 0.3) is 0 Å². The van der Waals surface area contributed by atoms with Crippen LogP contribution in [-0.2, 0) is 13.0 Å². The van der Waals surface area contributed by atoms with Crippen LogP contribution in [-0.4, -0.2) is 34.7 Å². The highest BCUT2D eigenvalue weighted by molar-refractivity contribution is 5.31. The van der Waals surface area contributed by atoms with Gasteiger partial charge in [-0.25, -0.2) is 0 Å². The zero-order valence-electron chi connectivity index (χ0n) is 12.2. The third kappa shape index (κ3) is 2.59. The van der Waals surface area contributed by atoms with Crippen molar-refractivity contribution in [3.05, 3.63) is 23.0 Å². The summed E-state index contributed by atoms with van der Waals surface area (Å²) in [5.74, 6) is 0.771. The highest BCUT2D eigenvalue weighted by Gasteiger charge is 2.25. The fourth-order valence-electron chi connectivity index (χ4n) is 3.88. The van der Waals surface area contributed by atoms with E-state index in [-0.39, 0.29) is 6.10 Å².